The molecule has 4 nitrogen and oxygen atoms in total. The molecule has 60 valence electrons. The molecule has 0 heterocycles. The van der Waals surface area contributed by atoms with Gasteiger partial charge in [0, 0.05) is 19.5 Å². The first kappa shape index (κ1) is 9.39. The maximum atomic E-state index is 10.8. The van der Waals surface area contributed by atoms with Gasteiger partial charge >= 0.3 is 0 Å². The lowest BCUT2D eigenvalue weighted by Gasteiger charge is -2.12. The van der Waals surface area contributed by atoms with Crippen LogP contribution >= 0.6 is 0 Å². The summed E-state index contributed by atoms with van der Waals surface area (Å²) in [7, 11) is 1.52. The van der Waals surface area contributed by atoms with E-state index in [1.165, 1.54) is 7.05 Å². The summed E-state index contributed by atoms with van der Waals surface area (Å²) in [4.78, 5) is 10.8. The highest BCUT2D eigenvalue weighted by Gasteiger charge is 2.08. The lowest BCUT2D eigenvalue weighted by molar-refractivity contribution is -0.130. The summed E-state index contributed by atoms with van der Waals surface area (Å²) in [5, 5.41) is 1.06. The van der Waals surface area contributed by atoms with Crippen molar-refractivity contribution in [3.8, 4) is 0 Å². The molecule has 0 saturated carbocycles. The highest BCUT2D eigenvalue weighted by molar-refractivity contribution is 5.75. The molecule has 4 N–H and O–H groups in total. The minimum absolute atomic E-state index is 0.0569. The second kappa shape index (κ2) is 4.24. The Morgan fingerprint density at radius 1 is 1.70 bits per heavy atom. The summed E-state index contributed by atoms with van der Waals surface area (Å²) in [6.45, 7) is 1.94. The second-order valence-corrected chi connectivity index (χ2v) is 2.38. The standard InChI is InChI=1S/C6H15N3O/c1-3-5(7)4-6(10)9(2)8/h5H,3-4,7-8H2,1-2H3. The van der Waals surface area contributed by atoms with Gasteiger partial charge in [0.05, 0.1) is 0 Å². The number of carbonyl (C=O) groups is 1. The maximum absolute atomic E-state index is 10.8. The highest BCUT2D eigenvalue weighted by atomic mass is 16.2. The first-order valence-corrected chi connectivity index (χ1v) is 3.34. The quantitative estimate of drug-likeness (QED) is 0.318. The monoisotopic (exact) mass is 145 g/mol. The van der Waals surface area contributed by atoms with Gasteiger partial charge in [0.2, 0.25) is 5.91 Å². The minimum atomic E-state index is -0.116. The van der Waals surface area contributed by atoms with Gasteiger partial charge in [0.1, 0.15) is 0 Å². The van der Waals surface area contributed by atoms with Crippen LogP contribution in [0.4, 0.5) is 0 Å². The molecule has 0 rings (SSSR count). The fourth-order valence-electron chi connectivity index (χ4n) is 0.513. The first-order chi connectivity index (χ1) is 4.57. The Morgan fingerprint density at radius 2 is 2.20 bits per heavy atom. The number of amides is 1. The predicted octanol–water partition coefficient (Wildman–Crippen LogP) is -0.554. The third kappa shape index (κ3) is 3.42. The summed E-state index contributed by atoms with van der Waals surface area (Å²) >= 11 is 0. The number of hydrogen-bond donors (Lipinski definition) is 2. The van der Waals surface area contributed by atoms with Gasteiger partial charge in [-0.1, -0.05) is 6.92 Å². The highest BCUT2D eigenvalue weighted by Crippen LogP contribution is 1.94. The summed E-state index contributed by atoms with van der Waals surface area (Å²) in [6, 6.07) is -0.0569. The zero-order valence-corrected chi connectivity index (χ0v) is 6.50. The molecule has 10 heavy (non-hydrogen) atoms. The van der Waals surface area contributed by atoms with Crippen LogP contribution in [0.15, 0.2) is 0 Å². The van der Waals surface area contributed by atoms with E-state index in [0.717, 1.165) is 11.4 Å². The van der Waals surface area contributed by atoms with Gasteiger partial charge in [-0.05, 0) is 6.42 Å². The molecule has 0 aliphatic rings. The van der Waals surface area contributed by atoms with Crippen LogP contribution in [-0.4, -0.2) is 24.0 Å². The average molecular weight is 145 g/mol. The number of carbonyl (C=O) groups excluding carboxylic acids is 1. The van der Waals surface area contributed by atoms with Gasteiger partial charge in [-0.15, -0.1) is 0 Å². The van der Waals surface area contributed by atoms with E-state index in [0.29, 0.717) is 6.42 Å². The van der Waals surface area contributed by atoms with Gasteiger partial charge in [-0.3, -0.25) is 9.80 Å². The number of hydrogen-bond acceptors (Lipinski definition) is 3. The fraction of sp³-hybridized carbons (Fsp3) is 0.833. The number of nitrogens with zero attached hydrogens (tertiary/aromatic N) is 1. The van der Waals surface area contributed by atoms with E-state index in [4.69, 9.17) is 11.6 Å². The van der Waals surface area contributed by atoms with Crippen molar-refractivity contribution in [2.45, 2.75) is 25.8 Å². The van der Waals surface area contributed by atoms with Gasteiger partial charge in [-0.2, -0.15) is 0 Å². The number of hydrazine groups is 1. The molecule has 0 aliphatic heterocycles. The van der Waals surface area contributed by atoms with Crippen LogP contribution in [-0.2, 0) is 4.79 Å². The van der Waals surface area contributed by atoms with Crippen molar-refractivity contribution in [3.05, 3.63) is 0 Å². The predicted molar refractivity (Wildman–Crippen MR) is 39.8 cm³/mol. The van der Waals surface area contributed by atoms with Crippen molar-refractivity contribution in [1.82, 2.24) is 5.01 Å². The molecule has 0 aliphatic carbocycles. The van der Waals surface area contributed by atoms with E-state index in [2.05, 4.69) is 0 Å². The molecule has 1 amide bonds. The van der Waals surface area contributed by atoms with Crippen molar-refractivity contribution >= 4 is 5.91 Å². The third-order valence-electron chi connectivity index (χ3n) is 1.35. The number of rotatable bonds is 3. The molecule has 4 heteroatoms. The summed E-state index contributed by atoms with van der Waals surface area (Å²) in [5.41, 5.74) is 5.51. The molecular weight excluding hydrogens is 130 g/mol. The molecule has 0 spiro atoms. The van der Waals surface area contributed by atoms with Crippen LogP contribution in [0.2, 0.25) is 0 Å². The van der Waals surface area contributed by atoms with E-state index >= 15 is 0 Å². The number of nitrogens with two attached hydrogens (primary N) is 2. The molecule has 0 bridgehead atoms. The Hall–Kier alpha value is -0.610. The van der Waals surface area contributed by atoms with Gasteiger partial charge < -0.3 is 5.73 Å². The van der Waals surface area contributed by atoms with Crippen molar-refractivity contribution in [2.24, 2.45) is 11.6 Å². The Morgan fingerprint density at radius 3 is 2.50 bits per heavy atom. The summed E-state index contributed by atoms with van der Waals surface area (Å²) in [6.07, 6.45) is 1.14. The third-order valence-corrected chi connectivity index (χ3v) is 1.35. The van der Waals surface area contributed by atoms with Crippen molar-refractivity contribution in [3.63, 3.8) is 0 Å². The van der Waals surface area contributed by atoms with Gasteiger partial charge in [-0.25, -0.2) is 5.84 Å². The minimum Gasteiger partial charge on any atom is -0.327 e. The molecule has 0 fully saturated rings. The van der Waals surface area contributed by atoms with E-state index in [9.17, 15) is 4.79 Å². The Balaban J connectivity index is 3.57. The van der Waals surface area contributed by atoms with Crippen molar-refractivity contribution in [2.75, 3.05) is 7.05 Å². The maximum Gasteiger partial charge on any atom is 0.237 e. The Labute approximate surface area is 61.1 Å². The molecular formula is C6H15N3O. The molecule has 1 atom stereocenters. The fourth-order valence-corrected chi connectivity index (χ4v) is 0.513. The SMILES string of the molecule is CCC(N)CC(=O)N(C)N. The van der Waals surface area contributed by atoms with E-state index in [-0.39, 0.29) is 11.9 Å². The Bertz CT molecular complexity index is 114. The summed E-state index contributed by atoms with van der Waals surface area (Å²) in [5.74, 6) is 5.05. The zero-order valence-electron chi connectivity index (χ0n) is 6.50. The topological polar surface area (TPSA) is 72.4 Å². The molecule has 0 aromatic carbocycles. The van der Waals surface area contributed by atoms with Crippen LogP contribution in [0, 0.1) is 0 Å². The molecule has 0 radical (unpaired) electrons. The smallest absolute Gasteiger partial charge is 0.237 e. The van der Waals surface area contributed by atoms with Crippen LogP contribution in [0.5, 0.6) is 0 Å². The van der Waals surface area contributed by atoms with Crippen molar-refractivity contribution in [1.29, 1.82) is 0 Å². The van der Waals surface area contributed by atoms with Crippen LogP contribution < -0.4 is 11.6 Å². The second-order valence-electron chi connectivity index (χ2n) is 2.38. The lowest BCUT2D eigenvalue weighted by Crippen LogP contribution is -2.37. The lowest BCUT2D eigenvalue weighted by atomic mass is 10.1. The van der Waals surface area contributed by atoms with Gasteiger partial charge in [0.15, 0.2) is 0 Å². The molecule has 0 aromatic rings. The van der Waals surface area contributed by atoms with Crippen molar-refractivity contribution < 1.29 is 4.79 Å². The zero-order chi connectivity index (χ0) is 8.15. The molecule has 1 unspecified atom stereocenters. The van der Waals surface area contributed by atoms with E-state index in [1.54, 1.807) is 0 Å². The largest absolute Gasteiger partial charge is 0.327 e. The molecule has 0 saturated heterocycles. The van der Waals surface area contributed by atoms with E-state index < -0.39 is 0 Å². The molecule has 0 aromatic heterocycles. The summed E-state index contributed by atoms with van der Waals surface area (Å²) < 4.78 is 0. The van der Waals surface area contributed by atoms with Crippen LogP contribution in [0.25, 0.3) is 0 Å². The average Bonchev–Trinajstić information content (AvgIpc) is 1.87. The Kier molecular flexibility index (Phi) is 3.99. The van der Waals surface area contributed by atoms with Crippen LogP contribution in [0.3, 0.4) is 0 Å². The van der Waals surface area contributed by atoms with E-state index in [1.807, 2.05) is 6.92 Å². The first-order valence-electron chi connectivity index (χ1n) is 3.34. The van der Waals surface area contributed by atoms with Gasteiger partial charge in [0.25, 0.3) is 0 Å². The normalized spacial score (nSPS) is 12.8. The van der Waals surface area contributed by atoms with Crippen LogP contribution in [0.1, 0.15) is 19.8 Å².